The summed E-state index contributed by atoms with van der Waals surface area (Å²) in [6, 6.07) is 4.46. The maximum Gasteiger partial charge on any atom is 0.278 e. The monoisotopic (exact) mass is 470 g/mol. The van der Waals surface area contributed by atoms with Crippen molar-refractivity contribution in [3.05, 3.63) is 57.7 Å². The first-order valence-corrected chi connectivity index (χ1v) is 9.55. The third-order valence-electron chi connectivity index (χ3n) is 3.97. The number of imidazole rings is 1. The Morgan fingerprint density at radius 2 is 2.29 bits per heavy atom. The van der Waals surface area contributed by atoms with Crippen LogP contribution in [0.5, 0.6) is 0 Å². The highest BCUT2D eigenvalue weighted by Crippen LogP contribution is 2.33. The molecule has 3 N–H and O–H groups in total. The van der Waals surface area contributed by atoms with E-state index in [1.165, 1.54) is 24.5 Å². The quantitative estimate of drug-likeness (QED) is 0.452. The zero-order chi connectivity index (χ0) is 20.3. The number of nitrogens with zero attached hydrogens (tertiary/aromatic N) is 2. The van der Waals surface area contributed by atoms with Crippen LogP contribution in [0.1, 0.15) is 23.7 Å². The fraction of sp³-hybridized carbons (Fsp3) is 0.222. The van der Waals surface area contributed by atoms with Gasteiger partial charge < -0.3 is 14.8 Å². The molecule has 2 heterocycles. The molecule has 0 aliphatic heterocycles. The van der Waals surface area contributed by atoms with Crippen LogP contribution in [0, 0.1) is 5.82 Å². The number of amides is 1. The average Bonchev–Trinajstić information content (AvgIpc) is 3.14. The number of carbonyl (C=O) groups excluding carboxylic acids is 1. The number of aliphatic hydroxyl groups excluding tert-OH is 1. The molecule has 3 aromatic rings. The van der Waals surface area contributed by atoms with Gasteiger partial charge in [0.05, 0.1) is 23.0 Å². The molecule has 0 bridgehead atoms. The van der Waals surface area contributed by atoms with Gasteiger partial charge in [-0.05, 0) is 24.6 Å². The second-order valence-electron chi connectivity index (χ2n) is 5.94. The summed E-state index contributed by atoms with van der Waals surface area (Å²) in [7, 11) is 0. The van der Waals surface area contributed by atoms with Gasteiger partial charge in [-0.1, -0.05) is 34.5 Å². The van der Waals surface area contributed by atoms with Crippen LogP contribution < -0.4 is 10.8 Å². The van der Waals surface area contributed by atoms with Gasteiger partial charge in [-0.3, -0.25) is 9.63 Å². The van der Waals surface area contributed by atoms with E-state index in [2.05, 4.69) is 31.7 Å². The lowest BCUT2D eigenvalue weighted by molar-refractivity contribution is -0.0133. The molecule has 28 heavy (non-hydrogen) atoms. The molecule has 0 radical (unpaired) electrons. The SMILES string of the molecule is CCC(O)CONC(=O)c1cn2ccnc2c(Cl)c1Nc1ccc(Br)cc1F. The van der Waals surface area contributed by atoms with Crippen LogP contribution in [0.2, 0.25) is 5.02 Å². The minimum Gasteiger partial charge on any atom is -0.391 e. The molecule has 148 valence electrons. The van der Waals surface area contributed by atoms with Gasteiger partial charge in [-0.2, -0.15) is 0 Å². The highest BCUT2D eigenvalue weighted by atomic mass is 79.9. The van der Waals surface area contributed by atoms with Crippen LogP contribution in [-0.4, -0.2) is 33.1 Å². The van der Waals surface area contributed by atoms with Crippen molar-refractivity contribution in [2.75, 3.05) is 11.9 Å². The number of hydrogen-bond donors (Lipinski definition) is 3. The van der Waals surface area contributed by atoms with Crippen molar-refractivity contribution in [3.63, 3.8) is 0 Å². The minimum atomic E-state index is -0.700. The number of pyridine rings is 1. The topological polar surface area (TPSA) is 87.9 Å². The fourth-order valence-corrected chi connectivity index (χ4v) is 3.05. The van der Waals surface area contributed by atoms with E-state index in [4.69, 9.17) is 16.4 Å². The molecule has 1 unspecified atom stereocenters. The largest absolute Gasteiger partial charge is 0.391 e. The summed E-state index contributed by atoms with van der Waals surface area (Å²) in [6.45, 7) is 1.73. The summed E-state index contributed by atoms with van der Waals surface area (Å²) in [4.78, 5) is 21.8. The van der Waals surface area contributed by atoms with Crippen LogP contribution in [0.3, 0.4) is 0 Å². The van der Waals surface area contributed by atoms with Gasteiger partial charge in [-0.25, -0.2) is 14.9 Å². The zero-order valence-corrected chi connectivity index (χ0v) is 17.1. The Labute approximate surface area is 173 Å². The normalized spacial score (nSPS) is 12.2. The molecule has 10 heteroatoms. The Bertz CT molecular complexity index is 1010. The number of fused-ring (bicyclic) bond motifs is 1. The molecule has 0 saturated heterocycles. The number of carbonyl (C=O) groups is 1. The molecular formula is C18H17BrClFN4O3. The van der Waals surface area contributed by atoms with Crippen molar-refractivity contribution in [1.29, 1.82) is 0 Å². The molecule has 0 aliphatic carbocycles. The average molecular weight is 472 g/mol. The van der Waals surface area contributed by atoms with E-state index >= 15 is 0 Å². The van der Waals surface area contributed by atoms with Crippen molar-refractivity contribution in [1.82, 2.24) is 14.9 Å². The maximum atomic E-state index is 14.3. The van der Waals surface area contributed by atoms with E-state index in [1.54, 1.807) is 23.6 Å². The van der Waals surface area contributed by atoms with E-state index in [0.717, 1.165) is 0 Å². The Balaban J connectivity index is 1.96. The lowest BCUT2D eigenvalue weighted by Gasteiger charge is -2.16. The molecule has 0 spiro atoms. The molecule has 0 aliphatic rings. The van der Waals surface area contributed by atoms with Gasteiger partial charge in [0, 0.05) is 23.1 Å². The second kappa shape index (κ2) is 8.87. The van der Waals surface area contributed by atoms with Crippen LogP contribution in [0.4, 0.5) is 15.8 Å². The van der Waals surface area contributed by atoms with Crippen molar-refractivity contribution in [2.45, 2.75) is 19.4 Å². The number of anilines is 2. The summed E-state index contributed by atoms with van der Waals surface area (Å²) < 4.78 is 16.4. The lowest BCUT2D eigenvalue weighted by Crippen LogP contribution is -2.29. The summed E-state index contributed by atoms with van der Waals surface area (Å²) in [5, 5.41) is 12.5. The molecule has 1 aromatic carbocycles. The minimum absolute atomic E-state index is 0.0621. The summed E-state index contributed by atoms with van der Waals surface area (Å²) >= 11 is 9.63. The molecule has 1 amide bonds. The Kier molecular flexibility index (Phi) is 6.50. The van der Waals surface area contributed by atoms with Crippen LogP contribution in [0.15, 0.2) is 41.3 Å². The van der Waals surface area contributed by atoms with Crippen molar-refractivity contribution >= 4 is 50.5 Å². The Morgan fingerprint density at radius 1 is 1.50 bits per heavy atom. The zero-order valence-electron chi connectivity index (χ0n) is 14.7. The predicted octanol–water partition coefficient (Wildman–Crippen LogP) is 4.07. The molecule has 2 aromatic heterocycles. The highest BCUT2D eigenvalue weighted by molar-refractivity contribution is 9.10. The van der Waals surface area contributed by atoms with E-state index in [0.29, 0.717) is 16.5 Å². The van der Waals surface area contributed by atoms with Gasteiger partial charge >= 0.3 is 0 Å². The number of hydrogen-bond acceptors (Lipinski definition) is 5. The van der Waals surface area contributed by atoms with Gasteiger partial charge in [-0.15, -0.1) is 0 Å². The third kappa shape index (κ3) is 4.44. The van der Waals surface area contributed by atoms with E-state index in [1.807, 2.05) is 0 Å². The standard InChI is InChI=1S/C18H17BrClFN4O3/c1-2-11(26)9-28-24-18(27)12-8-25-6-5-22-17(25)15(20)16(12)23-14-4-3-10(19)7-13(14)21/h3-8,11,23,26H,2,9H2,1H3,(H,24,27). The van der Waals surface area contributed by atoms with Crippen LogP contribution in [0.25, 0.3) is 5.65 Å². The first kappa shape index (κ1) is 20.5. The molecule has 0 fully saturated rings. The van der Waals surface area contributed by atoms with E-state index in [9.17, 15) is 14.3 Å². The van der Waals surface area contributed by atoms with Gasteiger partial charge in [0.2, 0.25) is 0 Å². The maximum absolute atomic E-state index is 14.3. The summed E-state index contributed by atoms with van der Waals surface area (Å²) in [5.74, 6) is -1.14. The first-order chi connectivity index (χ1) is 13.4. The van der Waals surface area contributed by atoms with E-state index in [-0.39, 0.29) is 28.6 Å². The number of nitrogens with one attached hydrogen (secondary N) is 2. The predicted molar refractivity (Wildman–Crippen MR) is 107 cm³/mol. The molecule has 7 nitrogen and oxygen atoms in total. The lowest BCUT2D eigenvalue weighted by atomic mass is 10.2. The van der Waals surface area contributed by atoms with Crippen LogP contribution in [-0.2, 0) is 4.84 Å². The van der Waals surface area contributed by atoms with Gasteiger partial charge in [0.15, 0.2) is 5.65 Å². The fourth-order valence-electron chi connectivity index (χ4n) is 2.42. The van der Waals surface area contributed by atoms with E-state index < -0.39 is 17.8 Å². The highest BCUT2D eigenvalue weighted by Gasteiger charge is 2.20. The first-order valence-electron chi connectivity index (χ1n) is 8.38. The number of rotatable bonds is 7. The Morgan fingerprint density at radius 3 is 3.00 bits per heavy atom. The van der Waals surface area contributed by atoms with Crippen molar-refractivity contribution in [3.8, 4) is 0 Å². The molecular weight excluding hydrogens is 455 g/mol. The summed E-state index contributed by atoms with van der Waals surface area (Å²) in [5.41, 5.74) is 3.10. The summed E-state index contributed by atoms with van der Waals surface area (Å²) in [6.07, 6.45) is 4.44. The number of halogens is 3. The number of hydroxylamine groups is 1. The number of aromatic nitrogens is 2. The second-order valence-corrected chi connectivity index (χ2v) is 7.24. The van der Waals surface area contributed by atoms with Crippen molar-refractivity contribution in [2.24, 2.45) is 0 Å². The van der Waals surface area contributed by atoms with Crippen molar-refractivity contribution < 1.29 is 19.1 Å². The number of aliphatic hydroxyl groups is 1. The van der Waals surface area contributed by atoms with Crippen LogP contribution >= 0.6 is 27.5 Å². The molecule has 3 rings (SSSR count). The molecule has 1 atom stereocenters. The smallest absolute Gasteiger partial charge is 0.278 e. The third-order valence-corrected chi connectivity index (χ3v) is 4.82. The molecule has 0 saturated carbocycles. The van der Waals surface area contributed by atoms with Gasteiger partial charge in [0.25, 0.3) is 5.91 Å². The Hall–Kier alpha value is -2.20. The number of benzene rings is 1. The van der Waals surface area contributed by atoms with Gasteiger partial charge in [0.1, 0.15) is 17.4 Å².